The van der Waals surface area contributed by atoms with Crippen molar-refractivity contribution in [2.24, 2.45) is 5.73 Å². The Hall–Kier alpha value is -3.87. The lowest BCUT2D eigenvalue weighted by Gasteiger charge is -2.38. The van der Waals surface area contributed by atoms with Crippen LogP contribution in [-0.4, -0.2) is 71.1 Å². The molecule has 0 aliphatic heterocycles. The summed E-state index contributed by atoms with van der Waals surface area (Å²) < 4.78 is 55.8. The first-order valence-corrected chi connectivity index (χ1v) is 19.1. The predicted molar refractivity (Wildman–Crippen MR) is 189 cm³/mol. The lowest BCUT2D eigenvalue weighted by atomic mass is 9.96. The van der Waals surface area contributed by atoms with Crippen molar-refractivity contribution in [2.45, 2.75) is 101 Å². The number of carbonyl (C=O) groups excluding carboxylic acids is 2. The van der Waals surface area contributed by atoms with Crippen LogP contribution in [0.2, 0.25) is 0 Å². The van der Waals surface area contributed by atoms with E-state index < -0.39 is 68.0 Å². The van der Waals surface area contributed by atoms with Crippen LogP contribution in [0, 0.1) is 11.6 Å². The Morgan fingerprint density at radius 3 is 2.16 bits per heavy atom. The minimum Gasteiger partial charge on any atom is -0.508 e. The van der Waals surface area contributed by atoms with Gasteiger partial charge >= 0.3 is 0 Å². The van der Waals surface area contributed by atoms with Gasteiger partial charge in [0.05, 0.1) is 22.6 Å². The van der Waals surface area contributed by atoms with E-state index in [9.17, 15) is 37.0 Å². The molecule has 1 aliphatic rings. The third-order valence-corrected chi connectivity index (χ3v) is 11.8. The lowest BCUT2D eigenvalue weighted by Crippen LogP contribution is -2.58. The van der Waals surface area contributed by atoms with Crippen LogP contribution in [0.15, 0.2) is 66.7 Å². The van der Waals surface area contributed by atoms with E-state index in [1.165, 1.54) is 29.2 Å². The topological polar surface area (TPSA) is 150 Å². The Morgan fingerprint density at radius 1 is 0.940 bits per heavy atom. The summed E-state index contributed by atoms with van der Waals surface area (Å²) in [6.45, 7) is 5.44. The SMILES string of the molecule is CCCC(CCC)S(=O)(=O)CC(NC(=O)c1cccc(O)c1)C(=O)N(C[C@@H](O)[C@@H](N)Cc1cc(F)cc(F)c1)C1(c2cccc(CC)c2)CC1. The maximum absolute atomic E-state index is 14.9. The molecular weight excluding hydrogens is 664 g/mol. The number of rotatable bonds is 18. The van der Waals surface area contributed by atoms with Gasteiger partial charge in [-0.2, -0.15) is 0 Å². The molecule has 1 saturated carbocycles. The number of nitrogens with one attached hydrogen (secondary N) is 1. The van der Waals surface area contributed by atoms with Gasteiger partial charge in [-0.25, -0.2) is 17.2 Å². The van der Waals surface area contributed by atoms with Crippen molar-refractivity contribution in [1.82, 2.24) is 10.2 Å². The standard InChI is InChI=1S/C38H49F2N3O6S/c1-4-9-32(10-5-2)50(48,49)24-34(42-36(46)27-12-8-14-31(44)21-27)37(47)43(38(15-16-38)28-13-7-11-25(6-3)17-28)23-35(45)33(41)20-26-18-29(39)22-30(40)19-26/h7-8,11-14,17-19,21-22,32-35,44-45H,4-6,9-10,15-16,20,23-24,41H2,1-3H3,(H,42,46)/t33-,34?,35+/m0/s1. The average molecular weight is 714 g/mol. The van der Waals surface area contributed by atoms with Crippen LogP contribution in [-0.2, 0) is 33.0 Å². The van der Waals surface area contributed by atoms with Gasteiger partial charge < -0.3 is 26.2 Å². The van der Waals surface area contributed by atoms with Gasteiger partial charge in [0.1, 0.15) is 23.4 Å². The van der Waals surface area contributed by atoms with Gasteiger partial charge in [-0.1, -0.05) is 63.9 Å². The number of phenolic OH excluding ortho intramolecular Hbond substituents is 1. The molecule has 272 valence electrons. The number of nitrogens with zero attached hydrogens (tertiary/aromatic N) is 1. The summed E-state index contributed by atoms with van der Waals surface area (Å²) in [5, 5.41) is 23.4. The largest absolute Gasteiger partial charge is 0.508 e. The highest BCUT2D eigenvalue weighted by molar-refractivity contribution is 7.92. The van der Waals surface area contributed by atoms with Crippen molar-refractivity contribution in [3.63, 3.8) is 0 Å². The third kappa shape index (κ3) is 9.67. The number of amides is 2. The number of benzene rings is 3. The van der Waals surface area contributed by atoms with E-state index in [4.69, 9.17) is 5.73 Å². The van der Waals surface area contributed by atoms with Gasteiger partial charge in [-0.15, -0.1) is 0 Å². The lowest BCUT2D eigenvalue weighted by molar-refractivity contribution is -0.138. The summed E-state index contributed by atoms with van der Waals surface area (Å²) in [4.78, 5) is 29.8. The number of aliphatic hydroxyl groups excluding tert-OH is 1. The van der Waals surface area contributed by atoms with Gasteiger partial charge in [-0.3, -0.25) is 9.59 Å². The summed E-state index contributed by atoms with van der Waals surface area (Å²) >= 11 is 0. The second-order valence-corrected chi connectivity index (χ2v) is 15.7. The molecule has 9 nitrogen and oxygen atoms in total. The Labute approximate surface area is 293 Å². The van der Waals surface area contributed by atoms with Crippen LogP contribution in [0.1, 0.15) is 86.3 Å². The van der Waals surface area contributed by atoms with Gasteiger partial charge in [0.2, 0.25) is 5.91 Å². The fraction of sp³-hybridized carbons (Fsp3) is 0.474. The van der Waals surface area contributed by atoms with Gasteiger partial charge in [0.25, 0.3) is 5.91 Å². The molecule has 5 N–H and O–H groups in total. The molecule has 2 amide bonds. The summed E-state index contributed by atoms with van der Waals surface area (Å²) in [6, 6.07) is 13.6. The van der Waals surface area contributed by atoms with E-state index in [1.54, 1.807) is 0 Å². The Kier molecular flexibility index (Phi) is 13.2. The molecule has 12 heteroatoms. The monoisotopic (exact) mass is 713 g/mol. The molecule has 1 fully saturated rings. The maximum Gasteiger partial charge on any atom is 0.252 e. The molecule has 3 aromatic carbocycles. The first-order valence-electron chi connectivity index (χ1n) is 17.3. The molecule has 0 spiro atoms. The highest BCUT2D eigenvalue weighted by Crippen LogP contribution is 2.51. The predicted octanol–water partition coefficient (Wildman–Crippen LogP) is 5.16. The first-order chi connectivity index (χ1) is 23.7. The fourth-order valence-electron chi connectivity index (χ4n) is 6.62. The molecule has 4 rings (SSSR count). The molecule has 3 aromatic rings. The van der Waals surface area contributed by atoms with E-state index in [-0.39, 0.29) is 29.8 Å². The number of halogens is 2. The minimum absolute atomic E-state index is 0.0339. The van der Waals surface area contributed by atoms with Crippen LogP contribution in [0.4, 0.5) is 8.78 Å². The number of aryl methyl sites for hydroxylation is 1. The number of sulfone groups is 1. The number of carbonyl (C=O) groups is 2. The van der Waals surface area contributed by atoms with E-state index in [2.05, 4.69) is 5.32 Å². The molecule has 1 aliphatic carbocycles. The molecule has 0 saturated heterocycles. The summed E-state index contributed by atoms with van der Waals surface area (Å²) in [7, 11) is -3.92. The Morgan fingerprint density at radius 2 is 1.58 bits per heavy atom. The van der Waals surface area contributed by atoms with Gasteiger partial charge in [-0.05, 0) is 85.5 Å². The average Bonchev–Trinajstić information content (AvgIpc) is 3.87. The van der Waals surface area contributed by atoms with Crippen LogP contribution in [0.5, 0.6) is 5.75 Å². The third-order valence-electron chi connectivity index (χ3n) is 9.48. The smallest absolute Gasteiger partial charge is 0.252 e. The number of hydrogen-bond donors (Lipinski definition) is 4. The molecule has 0 radical (unpaired) electrons. The number of phenols is 1. The van der Waals surface area contributed by atoms with E-state index in [1.807, 2.05) is 45.0 Å². The summed E-state index contributed by atoms with van der Waals surface area (Å²) in [6.07, 6.45) is 2.27. The zero-order valence-corrected chi connectivity index (χ0v) is 29.8. The second-order valence-electron chi connectivity index (χ2n) is 13.4. The number of aromatic hydroxyl groups is 1. The molecule has 0 bridgehead atoms. The van der Waals surface area contributed by atoms with Crippen LogP contribution in [0.25, 0.3) is 0 Å². The van der Waals surface area contributed by atoms with Crippen LogP contribution >= 0.6 is 0 Å². The molecule has 50 heavy (non-hydrogen) atoms. The molecule has 1 unspecified atom stereocenters. The summed E-state index contributed by atoms with van der Waals surface area (Å²) in [5.41, 5.74) is 7.54. The van der Waals surface area contributed by atoms with Crippen LogP contribution in [0.3, 0.4) is 0 Å². The Balaban J connectivity index is 1.75. The molecule has 0 heterocycles. The number of nitrogens with two attached hydrogens (primary N) is 1. The van der Waals surface area contributed by atoms with Crippen LogP contribution < -0.4 is 11.1 Å². The van der Waals surface area contributed by atoms with Crippen molar-refractivity contribution in [3.8, 4) is 5.75 Å². The second kappa shape index (κ2) is 16.9. The Bertz CT molecular complexity index is 1720. The van der Waals surface area contributed by atoms with Crippen molar-refractivity contribution in [3.05, 3.63) is 101 Å². The maximum atomic E-state index is 14.9. The molecule has 0 aromatic heterocycles. The number of aliphatic hydroxyl groups is 1. The highest BCUT2D eigenvalue weighted by atomic mass is 32.2. The van der Waals surface area contributed by atoms with E-state index >= 15 is 0 Å². The fourth-order valence-corrected chi connectivity index (χ4v) is 8.77. The zero-order chi connectivity index (χ0) is 36.6. The molecule has 3 atom stereocenters. The normalized spacial score (nSPS) is 15.7. The van der Waals surface area contributed by atoms with Crippen molar-refractivity contribution >= 4 is 21.7 Å². The van der Waals surface area contributed by atoms with Gasteiger partial charge in [0.15, 0.2) is 9.84 Å². The minimum atomic E-state index is -3.92. The summed E-state index contributed by atoms with van der Waals surface area (Å²) in [5.74, 6) is -3.89. The quantitative estimate of drug-likeness (QED) is 0.142. The van der Waals surface area contributed by atoms with Crippen molar-refractivity contribution in [2.75, 3.05) is 12.3 Å². The zero-order valence-electron chi connectivity index (χ0n) is 28.9. The van der Waals surface area contributed by atoms with Crippen molar-refractivity contribution in [1.29, 1.82) is 0 Å². The molecular formula is C38H49F2N3O6S. The van der Waals surface area contributed by atoms with Crippen molar-refractivity contribution < 1.29 is 37.0 Å². The van der Waals surface area contributed by atoms with E-state index in [0.717, 1.165) is 35.7 Å². The highest BCUT2D eigenvalue weighted by Gasteiger charge is 2.53. The number of hydrogen-bond acceptors (Lipinski definition) is 7. The first kappa shape index (κ1) is 38.9. The van der Waals surface area contributed by atoms with E-state index in [0.29, 0.717) is 38.5 Å². The van der Waals surface area contributed by atoms with Gasteiger partial charge in [0, 0.05) is 24.2 Å².